The van der Waals surface area contributed by atoms with E-state index < -0.39 is 0 Å². The highest BCUT2D eigenvalue weighted by molar-refractivity contribution is 5.91. The summed E-state index contributed by atoms with van der Waals surface area (Å²) >= 11 is 0. The Morgan fingerprint density at radius 1 is 1.11 bits per heavy atom. The second kappa shape index (κ2) is 12.2. The number of ketones is 1. The lowest BCUT2D eigenvalue weighted by Gasteiger charge is -2.58. The molecule has 0 bridgehead atoms. The zero-order valence-electron chi connectivity index (χ0n) is 24.8. The predicted molar refractivity (Wildman–Crippen MR) is 153 cm³/mol. The fourth-order valence-corrected chi connectivity index (χ4v) is 8.62. The quantitative estimate of drug-likeness (QED) is 0.171. The van der Waals surface area contributed by atoms with Gasteiger partial charge in [-0.1, -0.05) is 38.4 Å². The van der Waals surface area contributed by atoms with Crippen molar-refractivity contribution in [1.29, 1.82) is 0 Å². The zero-order chi connectivity index (χ0) is 27.5. The van der Waals surface area contributed by atoms with Crippen LogP contribution in [0.15, 0.2) is 16.8 Å². The van der Waals surface area contributed by atoms with Crippen molar-refractivity contribution in [3.05, 3.63) is 11.6 Å². The molecule has 2 N–H and O–H groups in total. The van der Waals surface area contributed by atoms with Gasteiger partial charge in [0.25, 0.3) is 0 Å². The SMILES string of the molecule is CNCCN(CCNCC(C)C)C(=O)O/N=C(\C)[C@H]1CC[C@H]2[C@@H]3CCC4=CC(=O)CC[C@]4(C)[C@H]3CC[C@]12C. The first kappa shape index (κ1) is 29.3. The van der Waals surface area contributed by atoms with Crippen molar-refractivity contribution >= 4 is 17.6 Å². The number of likely N-dealkylation sites (N-methyl/N-ethyl adjacent to an activating group) is 1. The van der Waals surface area contributed by atoms with Crippen LogP contribution < -0.4 is 10.6 Å². The Balaban J connectivity index is 1.40. The van der Waals surface area contributed by atoms with Gasteiger partial charge in [0.1, 0.15) is 0 Å². The number of rotatable bonds is 10. The topological polar surface area (TPSA) is 83.0 Å². The minimum Gasteiger partial charge on any atom is -0.318 e. The highest BCUT2D eigenvalue weighted by atomic mass is 16.7. The summed E-state index contributed by atoms with van der Waals surface area (Å²) in [5.41, 5.74) is 2.81. The Morgan fingerprint density at radius 2 is 1.87 bits per heavy atom. The zero-order valence-corrected chi connectivity index (χ0v) is 24.8. The molecule has 214 valence electrons. The van der Waals surface area contributed by atoms with Crippen LogP contribution in [0.25, 0.3) is 0 Å². The number of nitrogens with one attached hydrogen (secondary N) is 2. The van der Waals surface area contributed by atoms with Gasteiger partial charge in [0.15, 0.2) is 5.78 Å². The van der Waals surface area contributed by atoms with E-state index in [0.717, 1.165) is 50.5 Å². The summed E-state index contributed by atoms with van der Waals surface area (Å²) in [7, 11) is 1.90. The van der Waals surface area contributed by atoms with E-state index in [2.05, 4.69) is 50.4 Å². The second-order valence-electron chi connectivity index (χ2n) is 13.4. The third kappa shape index (κ3) is 5.89. The Labute approximate surface area is 230 Å². The summed E-state index contributed by atoms with van der Waals surface area (Å²) in [6.07, 6.45) is 10.4. The number of fused-ring (bicyclic) bond motifs is 5. The highest BCUT2D eigenvalue weighted by Gasteiger charge is 2.59. The maximum atomic E-state index is 13.0. The van der Waals surface area contributed by atoms with E-state index in [0.29, 0.717) is 49.0 Å². The summed E-state index contributed by atoms with van der Waals surface area (Å²) in [5, 5.41) is 11.0. The smallest absolute Gasteiger partial charge is 0.318 e. The maximum absolute atomic E-state index is 13.0. The number of carbonyl (C=O) groups is 2. The Hall–Kier alpha value is -1.73. The molecule has 0 spiro atoms. The molecule has 7 heteroatoms. The van der Waals surface area contributed by atoms with Gasteiger partial charge in [-0.2, -0.15) is 0 Å². The van der Waals surface area contributed by atoms with Crippen molar-refractivity contribution in [2.24, 2.45) is 45.6 Å². The van der Waals surface area contributed by atoms with Crippen molar-refractivity contribution in [2.75, 3.05) is 39.8 Å². The second-order valence-corrected chi connectivity index (χ2v) is 13.4. The van der Waals surface area contributed by atoms with Gasteiger partial charge in [0.2, 0.25) is 0 Å². The Bertz CT molecular complexity index is 930. The lowest BCUT2D eigenvalue weighted by molar-refractivity contribution is -0.117. The minimum atomic E-state index is -0.360. The molecule has 0 aromatic rings. The van der Waals surface area contributed by atoms with Crippen LogP contribution in [-0.4, -0.2) is 62.3 Å². The molecule has 3 fully saturated rings. The lowest BCUT2D eigenvalue weighted by Crippen LogP contribution is -2.51. The van der Waals surface area contributed by atoms with E-state index in [-0.39, 0.29) is 16.9 Å². The number of oxime groups is 1. The first-order valence-corrected chi connectivity index (χ1v) is 15.2. The standard InChI is InChI=1S/C31H52N4O3/c1-21(2)20-33-16-18-35(17-15-32-6)29(37)38-34-22(3)26-9-10-27-25-8-7-23-19-24(36)11-13-30(23,4)28(25)12-14-31(26,27)5/h19,21,25-28,32-33H,7-18,20H2,1-6H3/b34-22+/t25-,26+,27-,28-,30-,31+/m0/s1. The van der Waals surface area contributed by atoms with Crippen LogP contribution >= 0.6 is 0 Å². The van der Waals surface area contributed by atoms with Crippen molar-refractivity contribution in [1.82, 2.24) is 15.5 Å². The highest BCUT2D eigenvalue weighted by Crippen LogP contribution is 2.66. The van der Waals surface area contributed by atoms with Crippen LogP contribution in [0.4, 0.5) is 4.79 Å². The molecular weight excluding hydrogens is 476 g/mol. The Morgan fingerprint density at radius 3 is 2.61 bits per heavy atom. The molecule has 0 aromatic heterocycles. The molecule has 3 saturated carbocycles. The van der Waals surface area contributed by atoms with E-state index in [1.165, 1.54) is 31.3 Å². The van der Waals surface area contributed by atoms with Crippen molar-refractivity contribution < 1.29 is 14.4 Å². The van der Waals surface area contributed by atoms with E-state index in [9.17, 15) is 9.59 Å². The molecule has 0 aromatic carbocycles. The lowest BCUT2D eigenvalue weighted by atomic mass is 9.46. The van der Waals surface area contributed by atoms with Gasteiger partial charge in [0.05, 0.1) is 5.71 Å². The summed E-state index contributed by atoms with van der Waals surface area (Å²) in [5.74, 6) is 3.36. The Kier molecular flexibility index (Phi) is 9.39. The summed E-state index contributed by atoms with van der Waals surface area (Å²) < 4.78 is 0. The molecule has 0 heterocycles. The first-order valence-electron chi connectivity index (χ1n) is 15.2. The van der Waals surface area contributed by atoms with Crippen molar-refractivity contribution in [3.63, 3.8) is 0 Å². The van der Waals surface area contributed by atoms with Crippen LogP contribution in [0, 0.1) is 40.4 Å². The third-order valence-electron chi connectivity index (χ3n) is 10.7. The van der Waals surface area contributed by atoms with Gasteiger partial charge < -0.3 is 15.5 Å². The first-order chi connectivity index (χ1) is 18.1. The van der Waals surface area contributed by atoms with Gasteiger partial charge >= 0.3 is 6.09 Å². The molecule has 4 rings (SSSR count). The van der Waals surface area contributed by atoms with Crippen LogP contribution in [0.5, 0.6) is 0 Å². The number of amides is 1. The van der Waals surface area contributed by atoms with E-state index in [1.54, 1.807) is 4.90 Å². The van der Waals surface area contributed by atoms with Crippen molar-refractivity contribution in [2.45, 2.75) is 86.0 Å². The van der Waals surface area contributed by atoms with E-state index in [1.807, 2.05) is 13.1 Å². The molecule has 0 aliphatic heterocycles. The molecule has 7 nitrogen and oxygen atoms in total. The van der Waals surface area contributed by atoms with Crippen molar-refractivity contribution in [3.8, 4) is 0 Å². The van der Waals surface area contributed by atoms with E-state index in [4.69, 9.17) is 4.84 Å². The van der Waals surface area contributed by atoms with Gasteiger partial charge in [-0.05, 0) is 106 Å². The number of nitrogens with zero attached hydrogens (tertiary/aromatic N) is 2. The molecule has 38 heavy (non-hydrogen) atoms. The van der Waals surface area contributed by atoms with Crippen LogP contribution in [0.2, 0.25) is 0 Å². The van der Waals surface area contributed by atoms with Gasteiger partial charge in [0, 0.05) is 38.5 Å². The van der Waals surface area contributed by atoms with E-state index >= 15 is 0 Å². The molecule has 4 aliphatic rings. The number of carbonyl (C=O) groups excluding carboxylic acids is 2. The maximum Gasteiger partial charge on any atom is 0.436 e. The predicted octanol–water partition coefficient (Wildman–Crippen LogP) is 5.41. The van der Waals surface area contributed by atoms with Crippen LogP contribution in [0.3, 0.4) is 0 Å². The monoisotopic (exact) mass is 528 g/mol. The average Bonchev–Trinajstić information content (AvgIpc) is 3.24. The molecule has 0 saturated heterocycles. The minimum absolute atomic E-state index is 0.204. The molecule has 1 amide bonds. The fraction of sp³-hybridized carbons (Fsp3) is 0.839. The largest absolute Gasteiger partial charge is 0.436 e. The molecule has 0 radical (unpaired) electrons. The normalized spacial score (nSPS) is 34.9. The molecule has 0 unspecified atom stereocenters. The summed E-state index contributed by atoms with van der Waals surface area (Å²) in [4.78, 5) is 32.4. The molecular formula is C31H52N4O3. The van der Waals surface area contributed by atoms with Crippen LogP contribution in [-0.2, 0) is 9.63 Å². The number of hydrogen-bond acceptors (Lipinski definition) is 6. The number of allylic oxidation sites excluding steroid dienone is 1. The summed E-state index contributed by atoms with van der Waals surface area (Å²) in [6.45, 7) is 14.9. The molecule has 4 aliphatic carbocycles. The van der Waals surface area contributed by atoms with Gasteiger partial charge in [-0.25, -0.2) is 4.79 Å². The average molecular weight is 529 g/mol. The van der Waals surface area contributed by atoms with Gasteiger partial charge in [-0.3, -0.25) is 9.63 Å². The van der Waals surface area contributed by atoms with Gasteiger partial charge in [-0.15, -0.1) is 0 Å². The fourth-order valence-electron chi connectivity index (χ4n) is 8.62. The number of hydrogen-bond donors (Lipinski definition) is 2. The van der Waals surface area contributed by atoms with Crippen LogP contribution in [0.1, 0.15) is 86.0 Å². The summed E-state index contributed by atoms with van der Waals surface area (Å²) in [6, 6.07) is 0. The third-order valence-corrected chi connectivity index (χ3v) is 10.7. The molecule has 6 atom stereocenters.